The van der Waals surface area contributed by atoms with E-state index < -0.39 is 5.97 Å². The van der Waals surface area contributed by atoms with Gasteiger partial charge in [-0.15, -0.1) is 0 Å². The Balaban J connectivity index is 2.41. The maximum Gasteiger partial charge on any atom is 0.309 e. The summed E-state index contributed by atoms with van der Waals surface area (Å²) in [6.07, 6.45) is 2.73. The molecule has 1 rings (SSSR count). The molecule has 3 atom stereocenters. The van der Waals surface area contributed by atoms with Crippen LogP contribution < -0.4 is 0 Å². The minimum Gasteiger partial charge on any atom is -0.481 e. The molecule has 0 bridgehead atoms. The van der Waals surface area contributed by atoms with Gasteiger partial charge in [0.25, 0.3) is 0 Å². The summed E-state index contributed by atoms with van der Waals surface area (Å²) in [6, 6.07) is 0. The highest BCUT2D eigenvalue weighted by Gasteiger charge is 2.34. The van der Waals surface area contributed by atoms with Gasteiger partial charge in [0, 0.05) is 0 Å². The fourth-order valence-electron chi connectivity index (χ4n) is 2.34. The molecule has 98 valence electrons. The quantitative estimate of drug-likeness (QED) is 0.727. The Bertz CT molecular complexity index is 285. The van der Waals surface area contributed by atoms with Gasteiger partial charge in [0.2, 0.25) is 0 Å². The first kappa shape index (κ1) is 14.0. The largest absolute Gasteiger partial charge is 0.481 e. The summed E-state index contributed by atoms with van der Waals surface area (Å²) in [7, 11) is 0. The molecule has 0 amide bonds. The van der Waals surface area contributed by atoms with Crippen molar-refractivity contribution in [2.75, 3.05) is 0 Å². The third kappa shape index (κ3) is 3.72. The van der Waals surface area contributed by atoms with Crippen molar-refractivity contribution in [1.29, 1.82) is 0 Å². The maximum atomic E-state index is 11.4. The van der Waals surface area contributed by atoms with Gasteiger partial charge >= 0.3 is 11.9 Å². The smallest absolute Gasteiger partial charge is 0.309 e. The van der Waals surface area contributed by atoms with Crippen LogP contribution in [0.15, 0.2) is 0 Å². The van der Waals surface area contributed by atoms with Gasteiger partial charge in [0.15, 0.2) is 0 Å². The fraction of sp³-hybridized carbons (Fsp3) is 0.846. The van der Waals surface area contributed by atoms with E-state index in [1.807, 2.05) is 20.8 Å². The molecule has 1 aliphatic rings. The predicted molar refractivity (Wildman–Crippen MR) is 63.5 cm³/mol. The molecule has 1 saturated heterocycles. The molecule has 4 heteroatoms. The summed E-state index contributed by atoms with van der Waals surface area (Å²) >= 11 is 0. The van der Waals surface area contributed by atoms with Crippen LogP contribution in [0, 0.1) is 17.8 Å². The summed E-state index contributed by atoms with van der Waals surface area (Å²) < 4.78 is 5.24. The van der Waals surface area contributed by atoms with Gasteiger partial charge in [-0.1, -0.05) is 20.8 Å². The first-order valence-electron chi connectivity index (χ1n) is 6.39. The molecule has 0 aromatic carbocycles. The Morgan fingerprint density at radius 1 is 1.53 bits per heavy atom. The lowest BCUT2D eigenvalue weighted by atomic mass is 9.89. The molecule has 0 aromatic rings. The lowest BCUT2D eigenvalue weighted by Crippen LogP contribution is -2.21. The number of ether oxygens (including phenoxy) is 1. The van der Waals surface area contributed by atoms with Crippen LogP contribution in [-0.2, 0) is 14.3 Å². The molecule has 0 aromatic heterocycles. The third-order valence-electron chi connectivity index (χ3n) is 3.58. The molecule has 0 radical (unpaired) electrons. The molecule has 1 aliphatic heterocycles. The predicted octanol–water partition coefficient (Wildman–Crippen LogP) is 2.47. The monoisotopic (exact) mass is 242 g/mol. The Morgan fingerprint density at radius 2 is 2.18 bits per heavy atom. The summed E-state index contributed by atoms with van der Waals surface area (Å²) in [5, 5.41) is 9.06. The summed E-state index contributed by atoms with van der Waals surface area (Å²) in [6.45, 7) is 5.80. The van der Waals surface area contributed by atoms with Crippen molar-refractivity contribution >= 4 is 11.9 Å². The van der Waals surface area contributed by atoms with Crippen LogP contribution >= 0.6 is 0 Å². The molecule has 0 unspecified atom stereocenters. The van der Waals surface area contributed by atoms with E-state index in [1.54, 1.807) is 0 Å². The topological polar surface area (TPSA) is 63.6 Å². The molecule has 4 nitrogen and oxygen atoms in total. The van der Waals surface area contributed by atoms with Gasteiger partial charge in [-0.3, -0.25) is 9.59 Å². The van der Waals surface area contributed by atoms with E-state index >= 15 is 0 Å². The SMILES string of the molecule is CC[C@@H]1C[C@@H](CC[C@H](C(=O)O)C(C)C)OC1=O. The first-order valence-corrected chi connectivity index (χ1v) is 6.39. The Kier molecular flexibility index (Phi) is 4.97. The van der Waals surface area contributed by atoms with Crippen LogP contribution in [0.2, 0.25) is 0 Å². The molecule has 1 fully saturated rings. The van der Waals surface area contributed by atoms with Gasteiger partial charge < -0.3 is 9.84 Å². The zero-order valence-corrected chi connectivity index (χ0v) is 10.8. The number of cyclic esters (lactones) is 1. The Morgan fingerprint density at radius 3 is 2.59 bits per heavy atom. The summed E-state index contributed by atoms with van der Waals surface area (Å²) in [5.74, 6) is -1.08. The molecule has 17 heavy (non-hydrogen) atoms. The molecule has 1 heterocycles. The Hall–Kier alpha value is -1.06. The summed E-state index contributed by atoms with van der Waals surface area (Å²) in [5.41, 5.74) is 0. The molecule has 0 saturated carbocycles. The molecule has 0 spiro atoms. The zero-order valence-electron chi connectivity index (χ0n) is 10.8. The van der Waals surface area contributed by atoms with Crippen molar-refractivity contribution in [2.45, 2.75) is 52.6 Å². The Labute approximate surface area is 102 Å². The standard InChI is InChI=1S/C13H22O4/c1-4-9-7-10(17-13(9)16)5-6-11(8(2)3)12(14)15/h8-11H,4-7H2,1-3H3,(H,14,15)/t9-,10-,11+/m1/s1. The van der Waals surface area contributed by atoms with Crippen LogP contribution in [-0.4, -0.2) is 23.1 Å². The number of esters is 1. The number of carboxylic acids is 1. The number of hydrogen-bond donors (Lipinski definition) is 1. The normalized spacial score (nSPS) is 26.0. The molecular weight excluding hydrogens is 220 g/mol. The maximum absolute atomic E-state index is 11.4. The van der Waals surface area contributed by atoms with Crippen molar-refractivity contribution in [1.82, 2.24) is 0 Å². The van der Waals surface area contributed by atoms with E-state index in [4.69, 9.17) is 9.84 Å². The van der Waals surface area contributed by atoms with E-state index in [0.29, 0.717) is 12.8 Å². The third-order valence-corrected chi connectivity index (χ3v) is 3.58. The van der Waals surface area contributed by atoms with Gasteiger partial charge in [0.05, 0.1) is 11.8 Å². The number of aliphatic carboxylic acids is 1. The number of carboxylic acid groups (broad SMARTS) is 1. The van der Waals surface area contributed by atoms with Gasteiger partial charge in [-0.25, -0.2) is 0 Å². The highest BCUT2D eigenvalue weighted by atomic mass is 16.5. The van der Waals surface area contributed by atoms with Crippen LogP contribution in [0.1, 0.15) is 46.5 Å². The number of hydrogen-bond acceptors (Lipinski definition) is 3. The lowest BCUT2D eigenvalue weighted by molar-refractivity contribution is -0.145. The van der Waals surface area contributed by atoms with Gasteiger partial charge in [0.1, 0.15) is 6.10 Å². The van der Waals surface area contributed by atoms with Crippen LogP contribution in [0.5, 0.6) is 0 Å². The average Bonchev–Trinajstić information content (AvgIpc) is 2.58. The minimum absolute atomic E-state index is 0.0160. The first-order chi connectivity index (χ1) is 7.95. The molecule has 1 N–H and O–H groups in total. The van der Waals surface area contributed by atoms with E-state index in [2.05, 4.69) is 0 Å². The van der Waals surface area contributed by atoms with Crippen molar-refractivity contribution in [2.24, 2.45) is 17.8 Å². The van der Waals surface area contributed by atoms with Crippen LogP contribution in [0.3, 0.4) is 0 Å². The highest BCUT2D eigenvalue weighted by Crippen LogP contribution is 2.29. The van der Waals surface area contributed by atoms with Crippen LogP contribution in [0.25, 0.3) is 0 Å². The number of rotatable bonds is 6. The van der Waals surface area contributed by atoms with Crippen molar-refractivity contribution in [3.05, 3.63) is 0 Å². The van der Waals surface area contributed by atoms with E-state index in [1.165, 1.54) is 0 Å². The van der Waals surface area contributed by atoms with E-state index in [9.17, 15) is 9.59 Å². The van der Waals surface area contributed by atoms with Crippen LogP contribution in [0.4, 0.5) is 0 Å². The van der Waals surface area contributed by atoms with Gasteiger partial charge in [-0.05, 0) is 31.6 Å². The average molecular weight is 242 g/mol. The second-order valence-corrected chi connectivity index (χ2v) is 5.17. The molecular formula is C13H22O4. The van der Waals surface area contributed by atoms with Crippen molar-refractivity contribution in [3.63, 3.8) is 0 Å². The lowest BCUT2D eigenvalue weighted by Gasteiger charge is -2.17. The zero-order chi connectivity index (χ0) is 13.0. The molecule has 0 aliphatic carbocycles. The van der Waals surface area contributed by atoms with Crippen molar-refractivity contribution < 1.29 is 19.4 Å². The second kappa shape index (κ2) is 6.03. The van der Waals surface area contributed by atoms with E-state index in [0.717, 1.165) is 12.8 Å². The van der Waals surface area contributed by atoms with Crippen molar-refractivity contribution in [3.8, 4) is 0 Å². The highest BCUT2D eigenvalue weighted by molar-refractivity contribution is 5.74. The second-order valence-electron chi connectivity index (χ2n) is 5.17. The van der Waals surface area contributed by atoms with E-state index in [-0.39, 0.29) is 29.8 Å². The fourth-order valence-corrected chi connectivity index (χ4v) is 2.34. The minimum atomic E-state index is -0.753. The van der Waals surface area contributed by atoms with Gasteiger partial charge in [-0.2, -0.15) is 0 Å². The summed E-state index contributed by atoms with van der Waals surface area (Å²) in [4.78, 5) is 22.4. The number of carbonyl (C=O) groups is 2. The number of carbonyl (C=O) groups excluding carboxylic acids is 1.